The molecule has 10 nitrogen and oxygen atoms in total. The van der Waals surface area contributed by atoms with Crippen molar-refractivity contribution >= 4 is 21.9 Å². The van der Waals surface area contributed by atoms with E-state index in [1.54, 1.807) is 19.1 Å². The molecule has 1 fully saturated rings. The summed E-state index contributed by atoms with van der Waals surface area (Å²) < 4.78 is 49.1. The van der Waals surface area contributed by atoms with E-state index < -0.39 is 16.0 Å². The first-order valence-corrected chi connectivity index (χ1v) is 12.6. The number of ether oxygens (including phenoxy) is 3. The maximum Gasteiger partial charge on any atom is 0.341 e. The highest BCUT2D eigenvalue weighted by molar-refractivity contribution is 7.89. The van der Waals surface area contributed by atoms with Gasteiger partial charge >= 0.3 is 5.97 Å². The zero-order chi connectivity index (χ0) is 24.3. The topological polar surface area (TPSA) is 124 Å². The lowest BCUT2D eigenvalue weighted by atomic mass is 9.97. The molecule has 0 aliphatic carbocycles. The second kappa shape index (κ2) is 10.1. The summed E-state index contributed by atoms with van der Waals surface area (Å²) in [4.78, 5) is 24.5. The van der Waals surface area contributed by atoms with Crippen molar-refractivity contribution in [3.63, 3.8) is 0 Å². The Morgan fingerprint density at radius 3 is 2.53 bits per heavy atom. The van der Waals surface area contributed by atoms with E-state index in [1.807, 2.05) is 0 Å². The van der Waals surface area contributed by atoms with Crippen LogP contribution in [-0.2, 0) is 26.1 Å². The highest BCUT2D eigenvalue weighted by Crippen LogP contribution is 2.33. The van der Waals surface area contributed by atoms with Gasteiger partial charge in [0.1, 0.15) is 17.1 Å². The summed E-state index contributed by atoms with van der Waals surface area (Å²) in [6.07, 6.45) is 1.54. The first-order chi connectivity index (χ1) is 16.3. The molecule has 11 heteroatoms. The number of fused-ring (bicyclic) bond motifs is 1. The number of carbonyl (C=O) groups is 2. The molecule has 2 aliphatic heterocycles. The third-order valence-corrected chi connectivity index (χ3v) is 7.89. The third kappa shape index (κ3) is 5.05. The molecule has 1 aromatic carbocycles. The number of nitrogens with one attached hydrogen (secondary N) is 1. The number of hydrogen-bond acceptors (Lipinski definition) is 8. The van der Waals surface area contributed by atoms with Crippen molar-refractivity contribution in [2.75, 3.05) is 33.4 Å². The zero-order valence-electron chi connectivity index (χ0n) is 19.2. The molecule has 4 rings (SSSR count). The van der Waals surface area contributed by atoms with Gasteiger partial charge in [0.2, 0.25) is 15.9 Å². The lowest BCUT2D eigenvalue weighted by Gasteiger charge is -2.30. The second-order valence-electron chi connectivity index (χ2n) is 8.23. The number of methoxy groups -OCH3 is 1. The van der Waals surface area contributed by atoms with E-state index in [9.17, 15) is 18.0 Å². The van der Waals surface area contributed by atoms with E-state index in [2.05, 4.69) is 5.32 Å². The van der Waals surface area contributed by atoms with Crippen molar-refractivity contribution in [2.45, 2.75) is 37.6 Å². The molecule has 1 saturated heterocycles. The summed E-state index contributed by atoms with van der Waals surface area (Å²) >= 11 is 0. The number of rotatable bonds is 6. The minimum absolute atomic E-state index is 0.131. The maximum atomic E-state index is 13.1. The molecule has 0 unspecified atom stereocenters. The molecular weight excluding hydrogens is 464 g/mol. The van der Waals surface area contributed by atoms with Crippen molar-refractivity contribution < 1.29 is 36.6 Å². The van der Waals surface area contributed by atoms with Gasteiger partial charge in [-0.3, -0.25) is 4.79 Å². The average molecular weight is 493 g/mol. The summed E-state index contributed by atoms with van der Waals surface area (Å²) in [7, 11) is -2.43. The molecule has 1 amide bonds. The van der Waals surface area contributed by atoms with Gasteiger partial charge in [-0.2, -0.15) is 4.31 Å². The van der Waals surface area contributed by atoms with Crippen molar-refractivity contribution in [3.8, 4) is 11.5 Å². The Kier molecular flexibility index (Phi) is 7.13. The molecule has 0 radical (unpaired) electrons. The van der Waals surface area contributed by atoms with E-state index in [0.717, 1.165) is 6.42 Å². The van der Waals surface area contributed by atoms with E-state index in [4.69, 9.17) is 18.6 Å². The number of piperidine rings is 1. The number of amides is 1. The molecular formula is C23H28N2O8S. The van der Waals surface area contributed by atoms with Crippen LogP contribution in [0.1, 0.15) is 41.1 Å². The van der Waals surface area contributed by atoms with Gasteiger partial charge in [-0.05, 0) is 38.0 Å². The summed E-state index contributed by atoms with van der Waals surface area (Å²) in [5.41, 5.74) is 0.319. The number of sulfonamides is 1. The summed E-state index contributed by atoms with van der Waals surface area (Å²) in [6, 6.07) is 6.19. The molecule has 0 atom stereocenters. The fraction of sp³-hybridized carbons (Fsp3) is 0.478. The van der Waals surface area contributed by atoms with Crippen LogP contribution < -0.4 is 14.8 Å². The molecule has 0 saturated carbocycles. The molecule has 0 bridgehead atoms. The highest BCUT2D eigenvalue weighted by Gasteiger charge is 2.33. The van der Waals surface area contributed by atoms with Crippen molar-refractivity contribution in [1.29, 1.82) is 0 Å². The van der Waals surface area contributed by atoms with Gasteiger partial charge in [-0.1, -0.05) is 0 Å². The van der Waals surface area contributed by atoms with E-state index in [-0.39, 0.29) is 36.4 Å². The van der Waals surface area contributed by atoms with E-state index in [0.29, 0.717) is 54.6 Å². The van der Waals surface area contributed by atoms with Crippen LogP contribution >= 0.6 is 0 Å². The molecule has 1 aromatic heterocycles. The van der Waals surface area contributed by atoms with Crippen LogP contribution in [0.15, 0.2) is 33.6 Å². The van der Waals surface area contributed by atoms with E-state index in [1.165, 1.54) is 23.5 Å². The SMILES string of the molecule is COC(=O)c1cc(CNC(=O)C2CCN(S(=O)(=O)c3ccc4c(c3)OCCCO4)CC2)oc1C. The van der Waals surface area contributed by atoms with Crippen molar-refractivity contribution in [1.82, 2.24) is 9.62 Å². The van der Waals surface area contributed by atoms with Crippen molar-refractivity contribution in [3.05, 3.63) is 41.3 Å². The summed E-state index contributed by atoms with van der Waals surface area (Å²) in [5.74, 6) is 0.840. The number of aryl methyl sites for hydroxylation is 1. The lowest BCUT2D eigenvalue weighted by Crippen LogP contribution is -2.42. The fourth-order valence-corrected chi connectivity index (χ4v) is 5.56. The summed E-state index contributed by atoms with van der Waals surface area (Å²) in [6.45, 7) is 3.25. The van der Waals surface area contributed by atoms with Gasteiger partial charge in [0.15, 0.2) is 11.5 Å². The number of carbonyl (C=O) groups excluding carboxylic acids is 2. The Morgan fingerprint density at radius 2 is 1.82 bits per heavy atom. The van der Waals surface area contributed by atoms with Crippen LogP contribution in [0.5, 0.6) is 11.5 Å². The quantitative estimate of drug-likeness (QED) is 0.609. The van der Waals surface area contributed by atoms with E-state index >= 15 is 0 Å². The van der Waals surface area contributed by atoms with Gasteiger partial charge in [-0.15, -0.1) is 0 Å². The number of nitrogens with zero attached hydrogens (tertiary/aromatic N) is 1. The molecule has 184 valence electrons. The molecule has 1 N–H and O–H groups in total. The number of esters is 1. The third-order valence-electron chi connectivity index (χ3n) is 5.99. The molecule has 3 heterocycles. The predicted octanol–water partition coefficient (Wildman–Crippen LogP) is 2.25. The van der Waals surface area contributed by atoms with Crippen LogP contribution in [0.25, 0.3) is 0 Å². The van der Waals surface area contributed by atoms with Crippen molar-refractivity contribution in [2.24, 2.45) is 5.92 Å². The largest absolute Gasteiger partial charge is 0.490 e. The average Bonchev–Trinajstić information content (AvgIpc) is 3.06. The Labute approximate surface area is 198 Å². The van der Waals surface area contributed by atoms with Crippen LogP contribution in [0, 0.1) is 12.8 Å². The van der Waals surface area contributed by atoms with Gasteiger partial charge < -0.3 is 23.9 Å². The van der Waals surface area contributed by atoms with Crippen LogP contribution in [0.3, 0.4) is 0 Å². The smallest absolute Gasteiger partial charge is 0.341 e. The van der Waals surface area contributed by atoms with Crippen LogP contribution in [-0.4, -0.2) is 58.0 Å². The standard InChI is InChI=1S/C23H28N2O8S/c1-15-19(23(27)30-2)12-17(33-15)14-24-22(26)16-6-8-25(9-7-16)34(28,29)18-4-5-20-21(13-18)32-11-3-10-31-20/h4-5,12-13,16H,3,6-11,14H2,1-2H3,(H,24,26). The Hall–Kier alpha value is -3.05. The second-order valence-corrected chi connectivity index (χ2v) is 10.2. The number of benzene rings is 1. The molecule has 2 aliphatic rings. The highest BCUT2D eigenvalue weighted by atomic mass is 32.2. The molecule has 34 heavy (non-hydrogen) atoms. The maximum absolute atomic E-state index is 13.1. The Morgan fingerprint density at radius 1 is 1.12 bits per heavy atom. The molecule has 0 spiro atoms. The first kappa shape index (κ1) is 24.1. The lowest BCUT2D eigenvalue weighted by molar-refractivity contribution is -0.126. The van der Waals surface area contributed by atoms with Gasteiger partial charge in [0.05, 0.1) is 31.8 Å². The van der Waals surface area contributed by atoms with Gasteiger partial charge in [0, 0.05) is 31.5 Å². The van der Waals surface area contributed by atoms with Gasteiger partial charge in [0.25, 0.3) is 0 Å². The van der Waals surface area contributed by atoms with Crippen LogP contribution in [0.2, 0.25) is 0 Å². The predicted molar refractivity (Wildman–Crippen MR) is 120 cm³/mol. The Balaban J connectivity index is 1.33. The van der Waals surface area contributed by atoms with Gasteiger partial charge in [-0.25, -0.2) is 13.2 Å². The monoisotopic (exact) mass is 492 g/mol. The first-order valence-electron chi connectivity index (χ1n) is 11.1. The zero-order valence-corrected chi connectivity index (χ0v) is 20.0. The number of hydrogen-bond donors (Lipinski definition) is 1. The normalized spacial score (nSPS) is 17.1. The summed E-state index contributed by atoms with van der Waals surface area (Å²) in [5, 5.41) is 2.81. The Bertz CT molecular complexity index is 1170. The molecule has 2 aromatic rings. The fourth-order valence-electron chi connectivity index (χ4n) is 4.07. The minimum Gasteiger partial charge on any atom is -0.490 e. The number of furan rings is 1. The van der Waals surface area contributed by atoms with Crippen LogP contribution in [0.4, 0.5) is 0 Å². The minimum atomic E-state index is -3.72.